The number of H-pyrrole nitrogens is 1. The second-order valence-corrected chi connectivity index (χ2v) is 4.16. The number of hydrogen-bond donors (Lipinski definition) is 4. The standard InChI is InChI=1S/C12H15N3O3/c13-12(18)15-10(11(16)17)5-7-6-14-9-4-2-1-3-8(7)9/h1-4,6,10,12,14-15,18H,5,13H2,(H,16,17)/p+2/t10-,12?/m1/s1. The van der Waals surface area contributed by atoms with Gasteiger partial charge in [-0.1, -0.05) is 18.2 Å². The van der Waals surface area contributed by atoms with Gasteiger partial charge in [-0.2, -0.15) is 0 Å². The monoisotopic (exact) mass is 251 g/mol. The number of nitrogens with one attached hydrogen (secondary N) is 2. The number of aliphatic hydroxyl groups is 1. The highest BCUT2D eigenvalue weighted by Gasteiger charge is 2.28. The molecule has 6 heteroatoms. The largest absolute Gasteiger partial charge is 0.564 e. The molecule has 1 heterocycles. The molecule has 2 atom stereocenters. The summed E-state index contributed by atoms with van der Waals surface area (Å²) in [6, 6.07) is 6.98. The van der Waals surface area contributed by atoms with Crippen LogP contribution >= 0.6 is 0 Å². The van der Waals surface area contributed by atoms with Gasteiger partial charge in [0.2, 0.25) is 6.35 Å². The lowest BCUT2D eigenvalue weighted by molar-refractivity contribution is -0.493. The number of hydrogen-bond acceptors (Lipinski definition) is 3. The van der Waals surface area contributed by atoms with Gasteiger partial charge in [0.15, 0.2) is 6.04 Å². The van der Waals surface area contributed by atoms with E-state index < -0.39 is 18.4 Å². The molecule has 1 unspecified atom stereocenters. The first kappa shape index (κ1) is 12.6. The Hall–Kier alpha value is -1.89. The van der Waals surface area contributed by atoms with Crippen molar-refractivity contribution in [1.29, 1.82) is 0 Å². The number of fused-ring (bicyclic) bond motifs is 1. The van der Waals surface area contributed by atoms with Crippen molar-refractivity contribution in [1.82, 2.24) is 10.3 Å². The first-order valence-corrected chi connectivity index (χ1v) is 5.65. The van der Waals surface area contributed by atoms with Crippen LogP contribution in [-0.4, -0.2) is 33.6 Å². The fourth-order valence-electron chi connectivity index (χ4n) is 1.98. The van der Waals surface area contributed by atoms with Crippen LogP contribution in [0.3, 0.4) is 0 Å². The van der Waals surface area contributed by atoms with Crippen LogP contribution in [0.2, 0.25) is 0 Å². The van der Waals surface area contributed by atoms with Gasteiger partial charge in [-0.3, -0.25) is 0 Å². The van der Waals surface area contributed by atoms with Crippen molar-refractivity contribution in [3.05, 3.63) is 36.0 Å². The second-order valence-electron chi connectivity index (χ2n) is 4.16. The molecule has 0 radical (unpaired) electrons. The molecule has 2 aromatic rings. The molecular formula is C12H17N3O3+2. The second kappa shape index (κ2) is 5.18. The third kappa shape index (κ3) is 2.67. The van der Waals surface area contributed by atoms with E-state index in [1.54, 1.807) is 0 Å². The minimum atomic E-state index is -1.06. The molecule has 0 aliphatic heterocycles. The zero-order valence-corrected chi connectivity index (χ0v) is 9.81. The predicted octanol–water partition coefficient (Wildman–Crippen LogP) is -1.56. The highest BCUT2D eigenvalue weighted by atomic mass is 16.4. The topological polar surface area (TPSA) is 116 Å². The molecule has 1 aromatic carbocycles. The summed E-state index contributed by atoms with van der Waals surface area (Å²) in [6.45, 7) is 0. The zero-order valence-electron chi connectivity index (χ0n) is 9.81. The number of rotatable bonds is 5. The molecule has 1 aromatic heterocycles. The lowest BCUT2D eigenvalue weighted by Crippen LogP contribution is -2.70. The number of aromatic nitrogens is 1. The predicted molar refractivity (Wildman–Crippen MR) is 66.4 cm³/mol. The number of quaternary nitrogens is 1. The summed E-state index contributed by atoms with van der Waals surface area (Å²) in [5.74, 6) is -0.761. The first-order valence-electron chi connectivity index (χ1n) is 5.65. The van der Waals surface area contributed by atoms with Crippen molar-refractivity contribution in [2.24, 2.45) is 0 Å². The van der Waals surface area contributed by atoms with Crippen LogP contribution in [-0.2, 0) is 11.2 Å². The molecule has 18 heavy (non-hydrogen) atoms. The van der Waals surface area contributed by atoms with E-state index in [4.69, 9.17) is 10.2 Å². The lowest BCUT2D eigenvalue weighted by Gasteiger charge is -2.10. The highest BCUT2D eigenvalue weighted by Crippen LogP contribution is 2.19. The minimum absolute atomic E-state index is 0.346. The van der Waals surface area contributed by atoms with Gasteiger partial charge in [0.1, 0.15) is 0 Å². The quantitative estimate of drug-likeness (QED) is 0.380. The summed E-state index contributed by atoms with van der Waals surface area (Å²) in [4.78, 5) is 14.3. The molecule has 2 rings (SSSR count). The van der Waals surface area contributed by atoms with E-state index in [2.05, 4.69) is 16.0 Å². The molecule has 8 N–H and O–H groups in total. The highest BCUT2D eigenvalue weighted by molar-refractivity contribution is 5.84. The maximum atomic E-state index is 11.2. The molecule has 0 saturated carbocycles. The minimum Gasteiger partial charge on any atom is -0.564 e. The number of para-hydroxylation sites is 1. The number of carbonyl (C=O) groups is 1. The van der Waals surface area contributed by atoms with Crippen LogP contribution in [0.15, 0.2) is 30.5 Å². The lowest BCUT2D eigenvalue weighted by atomic mass is 10.1. The Morgan fingerprint density at radius 3 is 2.89 bits per heavy atom. The van der Waals surface area contributed by atoms with E-state index in [-0.39, 0.29) is 0 Å². The molecule has 0 aliphatic rings. The van der Waals surface area contributed by atoms with Gasteiger partial charge < -0.3 is 20.9 Å². The molecule has 0 amide bonds. The maximum absolute atomic E-state index is 11.2. The van der Waals surface area contributed by atoms with Gasteiger partial charge in [0, 0.05) is 28.3 Å². The van der Waals surface area contributed by atoms with E-state index in [9.17, 15) is 4.79 Å². The van der Waals surface area contributed by atoms with E-state index in [1.165, 1.54) is 0 Å². The average molecular weight is 251 g/mol. The van der Waals surface area contributed by atoms with Gasteiger partial charge in [-0.15, -0.1) is 0 Å². The molecule has 0 bridgehead atoms. The van der Waals surface area contributed by atoms with Crippen LogP contribution in [0.25, 0.3) is 10.9 Å². The Morgan fingerprint density at radius 1 is 1.50 bits per heavy atom. The Labute approximate surface area is 103 Å². The van der Waals surface area contributed by atoms with Crippen molar-refractivity contribution >= 4 is 16.9 Å². The van der Waals surface area contributed by atoms with Gasteiger partial charge in [-0.05, 0) is 11.6 Å². The molecular weight excluding hydrogens is 234 g/mol. The van der Waals surface area contributed by atoms with E-state index in [1.807, 2.05) is 30.5 Å². The van der Waals surface area contributed by atoms with E-state index in [0.29, 0.717) is 6.42 Å². The Bertz CT molecular complexity index is 550. The van der Waals surface area contributed by atoms with Gasteiger partial charge in [-0.25, -0.2) is 5.32 Å². The van der Waals surface area contributed by atoms with E-state index in [0.717, 1.165) is 16.5 Å². The smallest absolute Gasteiger partial charge is 0.533 e. The number of aromatic amines is 1. The molecule has 0 fully saturated rings. The Morgan fingerprint density at radius 2 is 2.22 bits per heavy atom. The maximum Gasteiger partial charge on any atom is 0.533 e. The SMILES string of the molecule is [NH3+]C(O)N[C@H](Cc1c[nH]c2ccccc12)C(=O)[OH2+]. The summed E-state index contributed by atoms with van der Waals surface area (Å²) < 4.78 is 0. The normalized spacial score (nSPS) is 14.6. The molecule has 6 nitrogen and oxygen atoms in total. The Balaban J connectivity index is 2.23. The third-order valence-corrected chi connectivity index (χ3v) is 2.81. The summed E-state index contributed by atoms with van der Waals surface area (Å²) in [7, 11) is 0. The summed E-state index contributed by atoms with van der Waals surface area (Å²) in [5.41, 5.74) is 5.27. The van der Waals surface area contributed by atoms with Crippen LogP contribution < -0.4 is 11.1 Å². The average Bonchev–Trinajstić information content (AvgIpc) is 2.71. The summed E-state index contributed by atoms with van der Waals surface area (Å²) in [5, 5.41) is 19.9. The Kier molecular flexibility index (Phi) is 3.61. The fourth-order valence-corrected chi connectivity index (χ4v) is 1.98. The van der Waals surface area contributed by atoms with Gasteiger partial charge in [0.25, 0.3) is 0 Å². The van der Waals surface area contributed by atoms with Crippen LogP contribution in [0.1, 0.15) is 5.56 Å². The summed E-state index contributed by atoms with van der Waals surface area (Å²) >= 11 is 0. The van der Waals surface area contributed by atoms with Crippen molar-refractivity contribution in [2.45, 2.75) is 18.8 Å². The molecule has 0 aliphatic carbocycles. The van der Waals surface area contributed by atoms with E-state index >= 15 is 0 Å². The zero-order chi connectivity index (χ0) is 13.1. The van der Waals surface area contributed by atoms with Gasteiger partial charge >= 0.3 is 5.97 Å². The number of carbonyl (C=O) groups excluding carboxylic acids is 1. The third-order valence-electron chi connectivity index (χ3n) is 2.81. The summed E-state index contributed by atoms with van der Waals surface area (Å²) in [6.07, 6.45) is 1.10. The molecule has 96 valence electrons. The van der Waals surface area contributed by atoms with Crippen LogP contribution in [0.4, 0.5) is 0 Å². The number of aliphatic hydroxyl groups excluding tert-OH is 1. The van der Waals surface area contributed by atoms with Crippen LogP contribution in [0, 0.1) is 0 Å². The van der Waals surface area contributed by atoms with Crippen molar-refractivity contribution in [2.75, 3.05) is 0 Å². The number of benzene rings is 1. The van der Waals surface area contributed by atoms with Crippen molar-refractivity contribution < 1.29 is 20.7 Å². The van der Waals surface area contributed by atoms with Gasteiger partial charge in [0.05, 0.1) is 0 Å². The molecule has 0 spiro atoms. The first-order chi connectivity index (χ1) is 8.58. The van der Waals surface area contributed by atoms with Crippen LogP contribution in [0.5, 0.6) is 0 Å². The fraction of sp³-hybridized carbons (Fsp3) is 0.250. The molecule has 0 saturated heterocycles. The van der Waals surface area contributed by atoms with Crippen molar-refractivity contribution in [3.8, 4) is 0 Å². The van der Waals surface area contributed by atoms with Crippen molar-refractivity contribution in [3.63, 3.8) is 0 Å².